The van der Waals surface area contributed by atoms with Crippen LogP contribution >= 0.6 is 0 Å². The third-order valence-corrected chi connectivity index (χ3v) is 1.93. The quantitative estimate of drug-likeness (QED) is 0.834. The molecule has 1 aromatic carbocycles. The fourth-order valence-electron chi connectivity index (χ4n) is 1.18. The number of hydrogen-bond donors (Lipinski definition) is 2. The van der Waals surface area contributed by atoms with Crippen molar-refractivity contribution in [3.05, 3.63) is 48.7 Å². The average Bonchev–Trinajstić information content (AvgIpc) is 2.33. The summed E-state index contributed by atoms with van der Waals surface area (Å²) in [5, 5.41) is 5.05. The predicted octanol–water partition coefficient (Wildman–Crippen LogP) is 2.26. The molecule has 0 bridgehead atoms. The first kappa shape index (κ1) is 11.0. The summed E-state index contributed by atoms with van der Waals surface area (Å²) in [7, 11) is 0. The molecule has 1 aromatic heterocycles. The molecule has 0 fully saturated rings. The molecule has 0 aliphatic heterocycles. The van der Waals surface area contributed by atoms with Crippen LogP contribution in [-0.4, -0.2) is 16.0 Å². The molecule has 86 valence electrons. The molecule has 1 heterocycles. The topological polar surface area (TPSA) is 66.9 Å². The molecule has 0 aliphatic rings. The van der Waals surface area contributed by atoms with Crippen LogP contribution in [0.5, 0.6) is 0 Å². The van der Waals surface area contributed by atoms with Gasteiger partial charge in [-0.05, 0) is 30.3 Å². The molecule has 2 amide bonds. The Balaban J connectivity index is 1.96. The highest BCUT2D eigenvalue weighted by atomic mass is 19.1. The number of aromatic nitrogens is 2. The van der Waals surface area contributed by atoms with Crippen LogP contribution in [0.1, 0.15) is 0 Å². The van der Waals surface area contributed by atoms with Gasteiger partial charge in [0.05, 0.1) is 0 Å². The number of benzene rings is 1. The summed E-state index contributed by atoms with van der Waals surface area (Å²) in [6, 6.07) is 6.57. The molecule has 0 atom stereocenters. The number of anilines is 2. The normalized spacial score (nSPS) is 9.71. The van der Waals surface area contributed by atoms with Crippen molar-refractivity contribution in [3.8, 4) is 0 Å². The Morgan fingerprint density at radius 1 is 1.12 bits per heavy atom. The Hall–Kier alpha value is -2.50. The van der Waals surface area contributed by atoms with Crippen LogP contribution in [0.4, 0.5) is 20.7 Å². The molecular formula is C11H9FN4O. The van der Waals surface area contributed by atoms with Crippen LogP contribution in [0.25, 0.3) is 0 Å². The number of urea groups is 1. The summed E-state index contributed by atoms with van der Waals surface area (Å²) >= 11 is 0. The Morgan fingerprint density at radius 3 is 2.53 bits per heavy atom. The standard InChI is InChI=1S/C11H9FN4O/c12-8-1-3-9(4-2-8)15-11(17)16-10-5-6-13-7-14-10/h1-7H,(H2,13,14,15,16,17). The zero-order chi connectivity index (χ0) is 12.1. The van der Waals surface area contributed by atoms with Crippen LogP contribution in [0.15, 0.2) is 42.9 Å². The number of nitrogens with one attached hydrogen (secondary N) is 2. The van der Waals surface area contributed by atoms with Gasteiger partial charge < -0.3 is 5.32 Å². The van der Waals surface area contributed by atoms with Gasteiger partial charge in [-0.3, -0.25) is 5.32 Å². The first-order valence-corrected chi connectivity index (χ1v) is 4.83. The van der Waals surface area contributed by atoms with Crippen molar-refractivity contribution in [2.75, 3.05) is 10.6 Å². The van der Waals surface area contributed by atoms with Crippen molar-refractivity contribution < 1.29 is 9.18 Å². The Morgan fingerprint density at radius 2 is 1.88 bits per heavy atom. The van der Waals surface area contributed by atoms with E-state index in [-0.39, 0.29) is 5.82 Å². The number of carbonyl (C=O) groups is 1. The van der Waals surface area contributed by atoms with Gasteiger partial charge in [0.15, 0.2) is 0 Å². The van der Waals surface area contributed by atoms with Crippen LogP contribution in [-0.2, 0) is 0 Å². The van der Waals surface area contributed by atoms with Gasteiger partial charge >= 0.3 is 6.03 Å². The second kappa shape index (κ2) is 5.02. The second-order valence-electron chi connectivity index (χ2n) is 3.18. The lowest BCUT2D eigenvalue weighted by atomic mass is 10.3. The van der Waals surface area contributed by atoms with Crippen molar-refractivity contribution in [1.29, 1.82) is 0 Å². The molecule has 0 aliphatic carbocycles. The smallest absolute Gasteiger partial charge is 0.308 e. The van der Waals surface area contributed by atoms with E-state index in [1.165, 1.54) is 36.8 Å². The van der Waals surface area contributed by atoms with Crippen LogP contribution in [0.3, 0.4) is 0 Å². The van der Waals surface area contributed by atoms with Crippen molar-refractivity contribution in [3.63, 3.8) is 0 Å². The highest BCUT2D eigenvalue weighted by Gasteiger charge is 2.02. The van der Waals surface area contributed by atoms with Gasteiger partial charge in [-0.1, -0.05) is 0 Å². The minimum absolute atomic E-state index is 0.355. The van der Waals surface area contributed by atoms with Crippen LogP contribution < -0.4 is 10.6 Å². The van der Waals surface area contributed by atoms with Gasteiger partial charge in [-0.2, -0.15) is 0 Å². The first-order chi connectivity index (χ1) is 8.24. The van der Waals surface area contributed by atoms with Crippen molar-refractivity contribution >= 4 is 17.5 Å². The molecule has 2 N–H and O–H groups in total. The molecule has 2 aromatic rings. The number of nitrogens with zero attached hydrogens (tertiary/aromatic N) is 2. The summed E-state index contributed by atoms with van der Waals surface area (Å²) in [5.41, 5.74) is 0.498. The average molecular weight is 232 g/mol. The maximum atomic E-state index is 12.6. The van der Waals surface area contributed by atoms with Crippen molar-refractivity contribution in [2.24, 2.45) is 0 Å². The molecule has 0 saturated carbocycles. The third-order valence-electron chi connectivity index (χ3n) is 1.93. The van der Waals surface area contributed by atoms with E-state index in [1.807, 2.05) is 0 Å². The molecular weight excluding hydrogens is 223 g/mol. The monoisotopic (exact) mass is 232 g/mol. The van der Waals surface area contributed by atoms with Gasteiger partial charge in [-0.25, -0.2) is 19.2 Å². The van der Waals surface area contributed by atoms with Crippen LogP contribution in [0.2, 0.25) is 0 Å². The van der Waals surface area contributed by atoms with E-state index in [1.54, 1.807) is 6.07 Å². The molecule has 0 unspecified atom stereocenters. The zero-order valence-corrected chi connectivity index (χ0v) is 8.72. The fraction of sp³-hybridized carbons (Fsp3) is 0. The molecule has 5 nitrogen and oxygen atoms in total. The Bertz CT molecular complexity index is 501. The van der Waals surface area contributed by atoms with E-state index >= 15 is 0 Å². The lowest BCUT2D eigenvalue weighted by Crippen LogP contribution is -2.20. The third kappa shape index (κ3) is 3.23. The van der Waals surface area contributed by atoms with E-state index in [0.717, 1.165) is 0 Å². The SMILES string of the molecule is O=C(Nc1ccc(F)cc1)Nc1ccncn1. The number of rotatable bonds is 2. The van der Waals surface area contributed by atoms with E-state index < -0.39 is 6.03 Å². The zero-order valence-electron chi connectivity index (χ0n) is 8.72. The van der Waals surface area contributed by atoms with E-state index in [2.05, 4.69) is 20.6 Å². The summed E-state index contributed by atoms with van der Waals surface area (Å²) in [4.78, 5) is 19.0. The first-order valence-electron chi connectivity index (χ1n) is 4.83. The minimum Gasteiger partial charge on any atom is -0.308 e. The number of hydrogen-bond acceptors (Lipinski definition) is 3. The van der Waals surface area contributed by atoms with E-state index in [4.69, 9.17) is 0 Å². The maximum absolute atomic E-state index is 12.6. The fourth-order valence-corrected chi connectivity index (χ4v) is 1.18. The highest BCUT2D eigenvalue weighted by molar-refractivity contribution is 5.99. The second-order valence-corrected chi connectivity index (χ2v) is 3.18. The molecule has 0 saturated heterocycles. The van der Waals surface area contributed by atoms with Gasteiger partial charge in [0.1, 0.15) is 18.0 Å². The number of amides is 2. The highest BCUT2D eigenvalue weighted by Crippen LogP contribution is 2.08. The Labute approximate surface area is 96.7 Å². The van der Waals surface area contributed by atoms with Gasteiger partial charge in [0.25, 0.3) is 0 Å². The lowest BCUT2D eigenvalue weighted by Gasteiger charge is -2.06. The Kier molecular flexibility index (Phi) is 3.25. The maximum Gasteiger partial charge on any atom is 0.324 e. The molecule has 0 radical (unpaired) electrons. The largest absolute Gasteiger partial charge is 0.324 e. The molecule has 0 spiro atoms. The van der Waals surface area contributed by atoms with Gasteiger partial charge in [-0.15, -0.1) is 0 Å². The van der Waals surface area contributed by atoms with Crippen molar-refractivity contribution in [1.82, 2.24) is 9.97 Å². The van der Waals surface area contributed by atoms with E-state index in [0.29, 0.717) is 11.5 Å². The van der Waals surface area contributed by atoms with E-state index in [9.17, 15) is 9.18 Å². The minimum atomic E-state index is -0.449. The lowest BCUT2D eigenvalue weighted by molar-refractivity contribution is 0.262. The molecule has 17 heavy (non-hydrogen) atoms. The summed E-state index contributed by atoms with van der Waals surface area (Å²) in [6.45, 7) is 0. The van der Waals surface area contributed by atoms with Crippen molar-refractivity contribution in [2.45, 2.75) is 0 Å². The van der Waals surface area contributed by atoms with Gasteiger partial charge in [0.2, 0.25) is 0 Å². The number of carbonyl (C=O) groups excluding carboxylic acids is 1. The number of halogens is 1. The summed E-state index contributed by atoms with van der Waals surface area (Å²) < 4.78 is 12.6. The molecule has 6 heteroatoms. The summed E-state index contributed by atoms with van der Waals surface area (Å²) in [5.74, 6) is 0.0337. The van der Waals surface area contributed by atoms with Gasteiger partial charge in [0, 0.05) is 11.9 Å². The summed E-state index contributed by atoms with van der Waals surface area (Å²) in [6.07, 6.45) is 2.84. The molecule has 2 rings (SSSR count). The van der Waals surface area contributed by atoms with Crippen LogP contribution in [0, 0.1) is 5.82 Å². The predicted molar refractivity (Wildman–Crippen MR) is 61.1 cm³/mol.